The molecule has 1 aromatic heterocycles. The molecule has 4 nitrogen and oxygen atoms in total. The highest BCUT2D eigenvalue weighted by molar-refractivity contribution is 5.94. The molecule has 1 amide bonds. The average Bonchev–Trinajstić information content (AvgIpc) is 2.58. The van der Waals surface area contributed by atoms with Crippen molar-refractivity contribution in [1.29, 1.82) is 0 Å². The van der Waals surface area contributed by atoms with E-state index in [1.807, 2.05) is 18.2 Å². The lowest BCUT2D eigenvalue weighted by Crippen LogP contribution is -2.48. The van der Waals surface area contributed by atoms with Gasteiger partial charge in [0.2, 0.25) is 0 Å². The number of hydrogen-bond acceptors (Lipinski definition) is 3. The first-order chi connectivity index (χ1) is 11.1. The van der Waals surface area contributed by atoms with Gasteiger partial charge in [-0.05, 0) is 43.2 Å². The summed E-state index contributed by atoms with van der Waals surface area (Å²) < 4.78 is 26.9. The molecule has 0 saturated carbocycles. The van der Waals surface area contributed by atoms with Crippen molar-refractivity contribution in [3.8, 4) is 0 Å². The largest absolute Gasteiger partial charge is 0.355 e. The highest BCUT2D eigenvalue weighted by Gasteiger charge is 2.23. The number of nitrogens with zero attached hydrogens (tertiary/aromatic N) is 2. The zero-order valence-electron chi connectivity index (χ0n) is 12.5. The second kappa shape index (κ2) is 6.73. The maximum Gasteiger partial charge on any atom is 0.254 e. The number of carbonyl (C=O) groups excluding carboxylic acids is 1. The summed E-state index contributed by atoms with van der Waals surface area (Å²) in [6.45, 7) is 1.46. The van der Waals surface area contributed by atoms with Crippen molar-refractivity contribution < 1.29 is 13.6 Å². The Labute approximate surface area is 133 Å². The van der Waals surface area contributed by atoms with E-state index in [1.165, 1.54) is 0 Å². The molecule has 1 N–H and O–H groups in total. The number of benzene rings is 1. The number of aromatic nitrogens is 1. The molecule has 6 heteroatoms. The molecule has 0 bridgehead atoms. The second-order valence-corrected chi connectivity index (χ2v) is 5.57. The summed E-state index contributed by atoms with van der Waals surface area (Å²) in [7, 11) is 0. The molecule has 1 atom stereocenters. The molecule has 0 aliphatic carbocycles. The predicted molar refractivity (Wildman–Crippen MR) is 83.3 cm³/mol. The molecule has 1 aliphatic rings. The maximum atomic E-state index is 13.7. The quantitative estimate of drug-likeness (QED) is 0.947. The van der Waals surface area contributed by atoms with Crippen LogP contribution in [-0.4, -0.2) is 30.0 Å². The molecule has 1 saturated heterocycles. The molecule has 2 heterocycles. The van der Waals surface area contributed by atoms with Crippen LogP contribution in [0.15, 0.2) is 42.6 Å². The third kappa shape index (κ3) is 3.64. The van der Waals surface area contributed by atoms with Crippen molar-refractivity contribution in [2.75, 3.05) is 18.0 Å². The van der Waals surface area contributed by atoms with Crippen molar-refractivity contribution in [2.45, 2.75) is 18.9 Å². The molecule has 1 aromatic carbocycles. The molecule has 120 valence electrons. The van der Waals surface area contributed by atoms with Crippen molar-refractivity contribution in [2.24, 2.45) is 0 Å². The van der Waals surface area contributed by atoms with Crippen LogP contribution in [0.5, 0.6) is 0 Å². The van der Waals surface area contributed by atoms with Gasteiger partial charge in [0.05, 0.1) is 5.56 Å². The second-order valence-electron chi connectivity index (χ2n) is 5.57. The fourth-order valence-electron chi connectivity index (χ4n) is 2.78. The van der Waals surface area contributed by atoms with E-state index >= 15 is 0 Å². The van der Waals surface area contributed by atoms with Crippen LogP contribution in [-0.2, 0) is 0 Å². The molecular weight excluding hydrogens is 300 g/mol. The van der Waals surface area contributed by atoms with E-state index in [-0.39, 0.29) is 11.6 Å². The molecule has 0 spiro atoms. The molecule has 2 aromatic rings. The van der Waals surface area contributed by atoms with Gasteiger partial charge >= 0.3 is 0 Å². The molecule has 0 unspecified atom stereocenters. The molecule has 23 heavy (non-hydrogen) atoms. The smallest absolute Gasteiger partial charge is 0.254 e. The van der Waals surface area contributed by atoms with Gasteiger partial charge in [-0.3, -0.25) is 4.79 Å². The first-order valence-corrected chi connectivity index (χ1v) is 7.55. The van der Waals surface area contributed by atoms with Gasteiger partial charge < -0.3 is 10.2 Å². The van der Waals surface area contributed by atoms with Gasteiger partial charge in [0.25, 0.3) is 5.91 Å². The topological polar surface area (TPSA) is 45.2 Å². The number of carbonyl (C=O) groups is 1. The van der Waals surface area contributed by atoms with Crippen LogP contribution in [0.3, 0.4) is 0 Å². The Balaban J connectivity index is 1.68. The summed E-state index contributed by atoms with van der Waals surface area (Å²) in [4.78, 5) is 18.6. The minimum atomic E-state index is -0.721. The Morgan fingerprint density at radius 1 is 1.26 bits per heavy atom. The summed E-state index contributed by atoms with van der Waals surface area (Å²) in [5.74, 6) is -1.09. The summed E-state index contributed by atoms with van der Waals surface area (Å²) in [6, 6.07) is 8.42. The van der Waals surface area contributed by atoms with E-state index in [0.717, 1.165) is 43.4 Å². The fourth-order valence-corrected chi connectivity index (χ4v) is 2.78. The third-order valence-electron chi connectivity index (χ3n) is 3.90. The number of rotatable bonds is 3. The monoisotopic (exact) mass is 317 g/mol. The SMILES string of the molecule is O=C(N[C@H]1CCCN(c2ccccn2)C1)c1cc(F)ccc1F. The normalized spacial score (nSPS) is 17.8. The zero-order chi connectivity index (χ0) is 16.2. The highest BCUT2D eigenvalue weighted by atomic mass is 19.1. The van der Waals surface area contributed by atoms with Crippen LogP contribution in [0, 0.1) is 11.6 Å². The predicted octanol–water partition coefficient (Wildman–Crippen LogP) is 2.76. The summed E-state index contributed by atoms with van der Waals surface area (Å²) >= 11 is 0. The molecular formula is C17H17F2N3O. The van der Waals surface area contributed by atoms with Gasteiger partial charge in [0.15, 0.2) is 0 Å². The van der Waals surface area contributed by atoms with Crippen molar-refractivity contribution in [1.82, 2.24) is 10.3 Å². The van der Waals surface area contributed by atoms with E-state index in [0.29, 0.717) is 6.54 Å². The molecule has 0 radical (unpaired) electrons. The van der Waals surface area contributed by atoms with Crippen molar-refractivity contribution in [3.63, 3.8) is 0 Å². The first-order valence-electron chi connectivity index (χ1n) is 7.55. The van der Waals surface area contributed by atoms with Crippen LogP contribution >= 0.6 is 0 Å². The van der Waals surface area contributed by atoms with E-state index in [1.54, 1.807) is 6.20 Å². The van der Waals surface area contributed by atoms with E-state index in [4.69, 9.17) is 0 Å². The van der Waals surface area contributed by atoms with Crippen LogP contribution in [0.1, 0.15) is 23.2 Å². The number of hydrogen-bond donors (Lipinski definition) is 1. The number of anilines is 1. The van der Waals surface area contributed by atoms with Gasteiger partial charge in [-0.1, -0.05) is 6.07 Å². The minimum absolute atomic E-state index is 0.124. The average molecular weight is 317 g/mol. The first kappa shape index (κ1) is 15.4. The minimum Gasteiger partial charge on any atom is -0.355 e. The van der Waals surface area contributed by atoms with E-state index < -0.39 is 17.5 Å². The fraction of sp³-hybridized carbons (Fsp3) is 0.294. The zero-order valence-corrected chi connectivity index (χ0v) is 12.5. The van der Waals surface area contributed by atoms with Gasteiger partial charge in [0.1, 0.15) is 17.5 Å². The standard InChI is InChI=1S/C17H17F2N3O/c18-12-6-7-15(19)14(10-12)17(23)21-13-4-3-9-22(11-13)16-5-1-2-8-20-16/h1-2,5-8,10,13H,3-4,9,11H2,(H,21,23)/t13-/m0/s1. The van der Waals surface area contributed by atoms with Gasteiger partial charge in [-0.2, -0.15) is 0 Å². The number of pyridine rings is 1. The summed E-state index contributed by atoms with van der Waals surface area (Å²) in [5, 5.41) is 2.79. The third-order valence-corrected chi connectivity index (χ3v) is 3.90. The Bertz CT molecular complexity index is 693. The van der Waals surface area contributed by atoms with Crippen LogP contribution in [0.25, 0.3) is 0 Å². The van der Waals surface area contributed by atoms with Gasteiger partial charge in [-0.15, -0.1) is 0 Å². The highest BCUT2D eigenvalue weighted by Crippen LogP contribution is 2.18. The van der Waals surface area contributed by atoms with Gasteiger partial charge in [0, 0.05) is 25.3 Å². The molecule has 1 aliphatic heterocycles. The van der Waals surface area contributed by atoms with Gasteiger partial charge in [-0.25, -0.2) is 13.8 Å². The number of piperidine rings is 1. The number of amides is 1. The van der Waals surface area contributed by atoms with Crippen LogP contribution in [0.4, 0.5) is 14.6 Å². The van der Waals surface area contributed by atoms with E-state index in [2.05, 4.69) is 15.2 Å². The Morgan fingerprint density at radius 2 is 2.13 bits per heavy atom. The summed E-state index contributed by atoms with van der Waals surface area (Å²) in [5.41, 5.74) is -0.264. The lowest BCUT2D eigenvalue weighted by molar-refractivity contribution is 0.0928. The lowest BCUT2D eigenvalue weighted by atomic mass is 10.0. The lowest BCUT2D eigenvalue weighted by Gasteiger charge is -2.34. The molecule has 3 rings (SSSR count). The number of halogens is 2. The van der Waals surface area contributed by atoms with Crippen LogP contribution < -0.4 is 10.2 Å². The Morgan fingerprint density at radius 3 is 2.91 bits per heavy atom. The van der Waals surface area contributed by atoms with Crippen molar-refractivity contribution >= 4 is 11.7 Å². The van der Waals surface area contributed by atoms with Crippen LogP contribution in [0.2, 0.25) is 0 Å². The summed E-state index contributed by atoms with van der Waals surface area (Å²) in [6.07, 6.45) is 3.42. The maximum absolute atomic E-state index is 13.7. The number of nitrogens with one attached hydrogen (secondary N) is 1. The van der Waals surface area contributed by atoms with Crippen molar-refractivity contribution in [3.05, 3.63) is 59.8 Å². The van der Waals surface area contributed by atoms with E-state index in [9.17, 15) is 13.6 Å². The Kier molecular flexibility index (Phi) is 4.50. The molecule has 1 fully saturated rings. The Hall–Kier alpha value is -2.50.